The van der Waals surface area contributed by atoms with Gasteiger partial charge in [0.1, 0.15) is 0 Å². The quantitative estimate of drug-likeness (QED) is 0.375. The number of aryl methyl sites for hydroxylation is 1. The first kappa shape index (κ1) is 6.80. The van der Waals surface area contributed by atoms with E-state index >= 15 is 0 Å². The molecule has 1 heterocycles. The SMILES string of the molecule is CN=C([O-])c1cn(C)cn1. The van der Waals surface area contributed by atoms with Gasteiger partial charge in [0.25, 0.3) is 0 Å². The summed E-state index contributed by atoms with van der Waals surface area (Å²) in [6.07, 6.45) is 3.20. The van der Waals surface area contributed by atoms with Crippen LogP contribution in [0.5, 0.6) is 0 Å². The van der Waals surface area contributed by atoms with E-state index in [-0.39, 0.29) is 5.90 Å². The molecule has 0 atom stereocenters. The molecule has 54 valence electrons. The van der Waals surface area contributed by atoms with Crippen LogP contribution in [0.2, 0.25) is 0 Å². The number of hydrogen-bond acceptors (Lipinski definition) is 3. The molecule has 0 aliphatic carbocycles. The first-order valence-corrected chi connectivity index (χ1v) is 2.86. The predicted octanol–water partition coefficient (Wildman–Crippen LogP) is -0.843. The van der Waals surface area contributed by atoms with Gasteiger partial charge in [-0.3, -0.25) is 0 Å². The van der Waals surface area contributed by atoms with Crippen molar-refractivity contribution in [3.63, 3.8) is 0 Å². The van der Waals surface area contributed by atoms with Gasteiger partial charge in [-0.25, -0.2) is 4.98 Å². The summed E-state index contributed by atoms with van der Waals surface area (Å²) in [5.74, 6) is -0.277. The van der Waals surface area contributed by atoms with Gasteiger partial charge < -0.3 is 14.7 Å². The van der Waals surface area contributed by atoms with E-state index in [2.05, 4.69) is 9.98 Å². The third kappa shape index (κ3) is 1.15. The highest BCUT2D eigenvalue weighted by Gasteiger charge is 1.92. The summed E-state index contributed by atoms with van der Waals surface area (Å²) < 4.78 is 1.71. The smallest absolute Gasteiger partial charge is 0.0951 e. The van der Waals surface area contributed by atoms with Gasteiger partial charge in [0.15, 0.2) is 0 Å². The zero-order chi connectivity index (χ0) is 7.56. The Morgan fingerprint density at radius 2 is 2.50 bits per heavy atom. The fourth-order valence-electron chi connectivity index (χ4n) is 0.638. The van der Waals surface area contributed by atoms with Gasteiger partial charge in [-0.2, -0.15) is 0 Å². The number of hydrogen-bond donors (Lipinski definition) is 0. The maximum Gasteiger partial charge on any atom is 0.0951 e. The third-order valence-electron chi connectivity index (χ3n) is 1.13. The maximum absolute atomic E-state index is 10.8. The van der Waals surface area contributed by atoms with Crippen molar-refractivity contribution in [2.24, 2.45) is 12.0 Å². The Morgan fingerprint density at radius 3 is 2.90 bits per heavy atom. The van der Waals surface area contributed by atoms with Crippen LogP contribution < -0.4 is 5.11 Å². The Hall–Kier alpha value is -1.32. The van der Waals surface area contributed by atoms with Gasteiger partial charge in [-0.1, -0.05) is 0 Å². The predicted molar refractivity (Wildman–Crippen MR) is 35.7 cm³/mol. The molecule has 0 radical (unpaired) electrons. The molecule has 0 N–H and O–H groups in total. The van der Waals surface area contributed by atoms with Crippen molar-refractivity contribution in [3.05, 3.63) is 18.2 Å². The van der Waals surface area contributed by atoms with E-state index in [1.807, 2.05) is 0 Å². The third-order valence-corrected chi connectivity index (χ3v) is 1.13. The molecular formula is C6H8N3O-. The van der Waals surface area contributed by atoms with Crippen LogP contribution in [0.4, 0.5) is 0 Å². The molecule has 0 fully saturated rings. The Kier molecular flexibility index (Phi) is 1.71. The Morgan fingerprint density at radius 1 is 1.80 bits per heavy atom. The van der Waals surface area contributed by atoms with Crippen molar-refractivity contribution in [1.29, 1.82) is 0 Å². The van der Waals surface area contributed by atoms with Crippen molar-refractivity contribution in [1.82, 2.24) is 9.55 Å². The molecule has 0 aromatic carbocycles. The lowest BCUT2D eigenvalue weighted by atomic mass is 10.5. The molecule has 1 aromatic heterocycles. The highest BCUT2D eigenvalue weighted by Crippen LogP contribution is 1.91. The first-order valence-electron chi connectivity index (χ1n) is 2.86. The largest absolute Gasteiger partial charge is 0.857 e. The lowest BCUT2D eigenvalue weighted by Crippen LogP contribution is -2.18. The molecule has 4 heteroatoms. The van der Waals surface area contributed by atoms with E-state index in [0.717, 1.165) is 0 Å². The summed E-state index contributed by atoms with van der Waals surface area (Å²) >= 11 is 0. The summed E-state index contributed by atoms with van der Waals surface area (Å²) in [4.78, 5) is 7.26. The lowest BCUT2D eigenvalue weighted by molar-refractivity contribution is -0.213. The van der Waals surface area contributed by atoms with E-state index in [4.69, 9.17) is 0 Å². The zero-order valence-corrected chi connectivity index (χ0v) is 5.90. The van der Waals surface area contributed by atoms with Crippen LogP contribution in [0, 0.1) is 0 Å². The van der Waals surface area contributed by atoms with Gasteiger partial charge in [0, 0.05) is 26.2 Å². The second-order valence-electron chi connectivity index (χ2n) is 1.95. The van der Waals surface area contributed by atoms with E-state index < -0.39 is 0 Å². The minimum absolute atomic E-state index is 0.277. The molecule has 1 rings (SSSR count). The summed E-state index contributed by atoms with van der Waals surface area (Å²) in [5, 5.41) is 10.8. The molecular weight excluding hydrogens is 130 g/mol. The van der Waals surface area contributed by atoms with Crippen LogP contribution in [0.3, 0.4) is 0 Å². The molecule has 0 amide bonds. The molecule has 0 saturated carbocycles. The van der Waals surface area contributed by atoms with E-state index in [0.29, 0.717) is 5.69 Å². The number of aliphatic imine (C=N–C) groups is 1. The average molecular weight is 138 g/mol. The number of aromatic nitrogens is 2. The van der Waals surface area contributed by atoms with Gasteiger partial charge in [-0.15, -0.1) is 0 Å². The number of nitrogens with zero attached hydrogens (tertiary/aromatic N) is 3. The van der Waals surface area contributed by atoms with E-state index in [1.54, 1.807) is 24.1 Å². The molecule has 10 heavy (non-hydrogen) atoms. The van der Waals surface area contributed by atoms with Crippen molar-refractivity contribution >= 4 is 5.90 Å². The van der Waals surface area contributed by atoms with Crippen LogP contribution in [-0.4, -0.2) is 22.5 Å². The number of imidazole rings is 1. The molecule has 0 saturated heterocycles. The fraction of sp³-hybridized carbons (Fsp3) is 0.333. The van der Waals surface area contributed by atoms with Crippen molar-refractivity contribution < 1.29 is 5.11 Å². The average Bonchev–Trinajstić information content (AvgIpc) is 2.34. The minimum atomic E-state index is -0.277. The Bertz CT molecular complexity index is 251. The molecule has 0 spiro atoms. The summed E-state index contributed by atoms with van der Waals surface area (Å²) in [7, 11) is 3.26. The fourth-order valence-corrected chi connectivity index (χ4v) is 0.638. The minimum Gasteiger partial charge on any atom is -0.857 e. The van der Waals surface area contributed by atoms with Gasteiger partial charge in [0.2, 0.25) is 0 Å². The van der Waals surface area contributed by atoms with Crippen molar-refractivity contribution in [3.8, 4) is 0 Å². The standard InChI is InChI=1S/C6H9N3O/c1-7-6(10)5-3-9(2)4-8-5/h3-4H,1-2H3,(H,7,10)/p-1. The maximum atomic E-state index is 10.8. The van der Waals surface area contributed by atoms with Crippen LogP contribution in [0.1, 0.15) is 5.69 Å². The van der Waals surface area contributed by atoms with E-state index in [9.17, 15) is 5.11 Å². The van der Waals surface area contributed by atoms with Crippen molar-refractivity contribution in [2.45, 2.75) is 0 Å². The molecule has 0 aliphatic rings. The molecule has 0 unspecified atom stereocenters. The Balaban J connectivity index is 2.95. The second-order valence-corrected chi connectivity index (χ2v) is 1.95. The Labute approximate surface area is 58.9 Å². The van der Waals surface area contributed by atoms with E-state index in [1.165, 1.54) is 7.05 Å². The molecule has 0 bridgehead atoms. The van der Waals surface area contributed by atoms with Gasteiger partial charge >= 0.3 is 0 Å². The highest BCUT2D eigenvalue weighted by atomic mass is 16.3. The molecule has 0 aliphatic heterocycles. The monoisotopic (exact) mass is 138 g/mol. The summed E-state index contributed by atoms with van der Waals surface area (Å²) in [5.41, 5.74) is 0.394. The second kappa shape index (κ2) is 2.51. The van der Waals surface area contributed by atoms with Crippen LogP contribution >= 0.6 is 0 Å². The highest BCUT2D eigenvalue weighted by molar-refractivity contribution is 5.87. The topological polar surface area (TPSA) is 53.2 Å². The first-order chi connectivity index (χ1) is 4.74. The lowest BCUT2D eigenvalue weighted by Gasteiger charge is -2.02. The summed E-state index contributed by atoms with van der Waals surface area (Å²) in [6, 6.07) is 0. The van der Waals surface area contributed by atoms with Gasteiger partial charge in [-0.05, 0) is 0 Å². The van der Waals surface area contributed by atoms with Crippen LogP contribution in [0.25, 0.3) is 0 Å². The van der Waals surface area contributed by atoms with Crippen LogP contribution in [-0.2, 0) is 7.05 Å². The number of rotatable bonds is 1. The normalized spacial score (nSPS) is 12.0. The van der Waals surface area contributed by atoms with Crippen molar-refractivity contribution in [2.75, 3.05) is 7.05 Å². The molecule has 1 aromatic rings. The van der Waals surface area contributed by atoms with Gasteiger partial charge in [0.05, 0.1) is 12.0 Å². The van der Waals surface area contributed by atoms with Crippen LogP contribution in [0.15, 0.2) is 17.5 Å². The zero-order valence-electron chi connectivity index (χ0n) is 5.90. The molecule has 4 nitrogen and oxygen atoms in total. The summed E-state index contributed by atoms with van der Waals surface area (Å²) in [6.45, 7) is 0.